The number of piperidine rings is 1. The molecule has 1 aromatic heterocycles. The number of carbonyl (C=O) groups excluding carboxylic acids is 1. The number of rotatable bonds is 2. The maximum absolute atomic E-state index is 13.1. The Morgan fingerprint density at radius 3 is 3.05 bits per heavy atom. The molecule has 2 saturated heterocycles. The molecule has 4 heteroatoms. The molecule has 2 bridgehead atoms. The standard InChI is InChI=1S/C17H20N2O2/c1-19-11-6-7-12(19)9-13(8-11)21-17(20)15-10-18-16-5-3-2-4-14(15)16/h2-5,10-13,18H,6-9H2,1H3/t11-,12+,13?/i3D,4D,6D2,7D2,8D2,9D2,11D,12D,13D. The van der Waals surface area contributed by atoms with Gasteiger partial charge in [0.15, 0.2) is 0 Å². The van der Waals surface area contributed by atoms with Gasteiger partial charge >= 0.3 is 5.97 Å². The van der Waals surface area contributed by atoms with Crippen LogP contribution in [0.5, 0.6) is 0 Å². The van der Waals surface area contributed by atoms with Crippen LogP contribution in [0.3, 0.4) is 0 Å². The fourth-order valence-electron chi connectivity index (χ4n) is 2.18. The average Bonchev–Trinajstić information content (AvgIpc) is 3.16. The van der Waals surface area contributed by atoms with E-state index in [9.17, 15) is 4.79 Å². The van der Waals surface area contributed by atoms with Crippen molar-refractivity contribution in [2.24, 2.45) is 0 Å². The Bertz CT molecular complexity index is 1190. The van der Waals surface area contributed by atoms with Crippen molar-refractivity contribution in [1.29, 1.82) is 0 Å². The van der Waals surface area contributed by atoms with Crippen LogP contribution >= 0.6 is 0 Å². The summed E-state index contributed by atoms with van der Waals surface area (Å²) in [4.78, 5) is 16.0. The number of carbonyl (C=O) groups is 1. The molecule has 2 fully saturated rings. The lowest BCUT2D eigenvalue weighted by Crippen LogP contribution is -2.43. The van der Waals surface area contributed by atoms with Crippen molar-refractivity contribution in [2.45, 2.75) is 43.6 Å². The van der Waals surface area contributed by atoms with E-state index in [0.717, 1.165) is 19.3 Å². The van der Waals surface area contributed by atoms with Gasteiger partial charge in [-0.1, -0.05) is 18.2 Å². The summed E-state index contributed by atoms with van der Waals surface area (Å²) in [6.07, 6.45) is -17.1. The number of esters is 1. The largest absolute Gasteiger partial charge is 0.459 e. The summed E-state index contributed by atoms with van der Waals surface area (Å²) in [6.45, 7) is 0. The number of benzene rings is 1. The minimum Gasteiger partial charge on any atom is -0.459 e. The number of aromatic amines is 1. The molecule has 2 aromatic rings. The number of nitrogens with zero attached hydrogens (tertiary/aromatic N) is 1. The predicted molar refractivity (Wildman–Crippen MR) is 81.3 cm³/mol. The first-order valence-electron chi connectivity index (χ1n) is 12.7. The van der Waals surface area contributed by atoms with Gasteiger partial charge in [0, 0.05) is 55.6 Å². The number of hydrogen-bond donors (Lipinski definition) is 1. The molecular formula is C17H20N2O2. The summed E-state index contributed by atoms with van der Waals surface area (Å²) in [5.74, 6) is -1.50. The lowest BCUT2D eigenvalue weighted by Gasteiger charge is -2.35. The highest BCUT2D eigenvalue weighted by molar-refractivity contribution is 6.04. The van der Waals surface area contributed by atoms with Gasteiger partial charge < -0.3 is 14.6 Å². The molecule has 0 spiro atoms. The van der Waals surface area contributed by atoms with Gasteiger partial charge in [0.05, 0.1) is 9.68 Å². The first-order valence-corrected chi connectivity index (χ1v) is 6.24. The molecule has 3 atom stereocenters. The summed E-state index contributed by atoms with van der Waals surface area (Å²) in [6, 6.07) is -4.63. The van der Waals surface area contributed by atoms with E-state index in [1.807, 2.05) is 0 Å². The third-order valence-corrected chi connectivity index (χ3v) is 3.29. The first-order chi connectivity index (χ1) is 15.2. The highest BCUT2D eigenvalue weighted by Crippen LogP contribution is 2.35. The molecule has 2 aliphatic heterocycles. The van der Waals surface area contributed by atoms with Gasteiger partial charge in [0.2, 0.25) is 0 Å². The Labute approximate surface area is 142 Å². The van der Waals surface area contributed by atoms with E-state index in [0.29, 0.717) is 0 Å². The van der Waals surface area contributed by atoms with Gasteiger partial charge in [-0.05, 0) is 25.9 Å². The van der Waals surface area contributed by atoms with Crippen molar-refractivity contribution < 1.29 is 27.4 Å². The molecule has 0 saturated carbocycles. The van der Waals surface area contributed by atoms with Crippen LogP contribution in [0.4, 0.5) is 0 Å². The average molecular weight is 297 g/mol. The fraction of sp³-hybridized carbons (Fsp3) is 0.471. The molecule has 3 heterocycles. The van der Waals surface area contributed by atoms with Crippen molar-refractivity contribution in [1.82, 2.24) is 9.88 Å². The van der Waals surface area contributed by atoms with Crippen molar-refractivity contribution in [3.63, 3.8) is 0 Å². The second-order valence-electron chi connectivity index (χ2n) is 4.57. The third-order valence-electron chi connectivity index (χ3n) is 3.29. The van der Waals surface area contributed by atoms with Crippen LogP contribution in [0.1, 0.15) is 53.7 Å². The molecule has 4 nitrogen and oxygen atoms in total. The second kappa shape index (κ2) is 4.88. The van der Waals surface area contributed by atoms with Crippen molar-refractivity contribution in [3.05, 3.63) is 36.0 Å². The van der Waals surface area contributed by atoms with Crippen molar-refractivity contribution >= 4 is 16.9 Å². The molecule has 21 heavy (non-hydrogen) atoms. The maximum atomic E-state index is 13.1. The van der Waals surface area contributed by atoms with Crippen LogP contribution in [0.15, 0.2) is 30.4 Å². The van der Waals surface area contributed by atoms with Crippen molar-refractivity contribution in [3.8, 4) is 0 Å². The summed E-state index contributed by atoms with van der Waals surface area (Å²) in [7, 11) is 0.824. The number of fused-ring (bicyclic) bond motifs is 3. The molecule has 0 aliphatic carbocycles. The topological polar surface area (TPSA) is 45.3 Å². The Kier molecular flexibility index (Phi) is 1.19. The van der Waals surface area contributed by atoms with Crippen LogP contribution in [0.25, 0.3) is 10.9 Å². The molecule has 0 radical (unpaired) electrons. The monoisotopic (exact) mass is 297 g/mol. The third kappa shape index (κ3) is 2.14. The zero-order chi connectivity index (χ0) is 26.1. The van der Waals surface area contributed by atoms with E-state index in [2.05, 4.69) is 4.98 Å². The van der Waals surface area contributed by atoms with Crippen molar-refractivity contribution in [2.75, 3.05) is 7.05 Å². The molecule has 4 rings (SSSR count). The van der Waals surface area contributed by atoms with E-state index in [4.69, 9.17) is 22.6 Å². The van der Waals surface area contributed by atoms with Crippen LogP contribution in [-0.2, 0) is 4.74 Å². The predicted octanol–water partition coefficient (Wildman–Crippen LogP) is 2.95. The Morgan fingerprint density at radius 1 is 1.52 bits per heavy atom. The van der Waals surface area contributed by atoms with E-state index >= 15 is 0 Å². The summed E-state index contributed by atoms with van der Waals surface area (Å²) < 4.78 is 113. The van der Waals surface area contributed by atoms with Gasteiger partial charge in [-0.2, -0.15) is 0 Å². The Balaban J connectivity index is 1.93. The summed E-state index contributed by atoms with van der Waals surface area (Å²) >= 11 is 0. The zero-order valence-corrected chi connectivity index (χ0v) is 11.0. The van der Waals surface area contributed by atoms with Gasteiger partial charge in [-0.15, -0.1) is 0 Å². The number of hydrogen-bond acceptors (Lipinski definition) is 3. The van der Waals surface area contributed by atoms with E-state index in [-0.39, 0.29) is 27.9 Å². The number of para-hydroxylation sites is 1. The SMILES string of the molecule is [2H]c1cc([2H])c2c(C(=O)OC3([2H])C([2H])([2H])[C@]4([2H])N(C)[C@]([2H])(C3([2H])[2H])C([2H])([2H])C4([2H])[2H])c[nH]c2c1. The number of aromatic nitrogens is 1. The molecule has 1 unspecified atom stereocenters. The molecular weight excluding hydrogens is 264 g/mol. The molecule has 110 valence electrons. The Morgan fingerprint density at radius 2 is 2.29 bits per heavy atom. The van der Waals surface area contributed by atoms with E-state index in [1.54, 1.807) is 0 Å². The van der Waals surface area contributed by atoms with Crippen LogP contribution in [0.2, 0.25) is 0 Å². The van der Waals surface area contributed by atoms with Gasteiger partial charge in [-0.25, -0.2) is 4.79 Å². The summed E-state index contributed by atoms with van der Waals surface area (Å²) in [5.41, 5.74) is -0.242. The van der Waals surface area contributed by atoms with Crippen LogP contribution in [-0.4, -0.2) is 41.0 Å². The fourth-order valence-corrected chi connectivity index (χ4v) is 2.18. The first kappa shape index (κ1) is 5.13. The van der Waals surface area contributed by atoms with Crippen LogP contribution in [0, 0.1) is 0 Å². The van der Waals surface area contributed by atoms with E-state index in [1.165, 1.54) is 6.07 Å². The second-order valence-corrected chi connectivity index (χ2v) is 4.57. The summed E-state index contributed by atoms with van der Waals surface area (Å²) in [5, 5.41) is -0.0616. The van der Waals surface area contributed by atoms with Gasteiger partial charge in [0.1, 0.15) is 6.08 Å². The van der Waals surface area contributed by atoms with Crippen LogP contribution < -0.4 is 0 Å². The van der Waals surface area contributed by atoms with Gasteiger partial charge in [0.25, 0.3) is 0 Å². The lowest BCUT2D eigenvalue weighted by atomic mass is 10.0. The Hall–Kier alpha value is -1.81. The minimum absolute atomic E-state index is 0.0486. The smallest absolute Gasteiger partial charge is 0.340 e. The van der Waals surface area contributed by atoms with E-state index < -0.39 is 55.1 Å². The molecule has 2 aliphatic rings. The number of nitrogens with one attached hydrogen (secondary N) is 1. The highest BCUT2D eigenvalue weighted by atomic mass is 16.5. The maximum Gasteiger partial charge on any atom is 0.340 e. The normalized spacial score (nSPS) is 58.0. The minimum atomic E-state index is -3.76. The quantitative estimate of drug-likeness (QED) is 0.867. The molecule has 1 N–H and O–H groups in total. The molecule has 1 aromatic carbocycles. The lowest BCUT2D eigenvalue weighted by molar-refractivity contribution is -0.000258. The highest BCUT2D eigenvalue weighted by Gasteiger charge is 2.40. The van der Waals surface area contributed by atoms with Gasteiger partial charge in [-0.3, -0.25) is 0 Å². The zero-order valence-electron chi connectivity index (χ0n) is 24.0. The number of H-pyrrole nitrogens is 1. The number of ether oxygens (including phenoxy) is 1. The molecule has 0 amide bonds.